The largest absolute Gasteiger partial charge is 0.483 e. The highest BCUT2D eigenvalue weighted by Crippen LogP contribution is 2.39. The van der Waals surface area contributed by atoms with Gasteiger partial charge in [-0.2, -0.15) is 25.4 Å². The predicted octanol–water partition coefficient (Wildman–Crippen LogP) is 4.33. The summed E-state index contributed by atoms with van der Waals surface area (Å²) >= 11 is 0. The number of H-pyrrole nitrogens is 1. The molecule has 11 N–H and O–H groups in total. The molecule has 6 saturated heterocycles. The zero-order chi connectivity index (χ0) is 72.7. The first-order valence-corrected chi connectivity index (χ1v) is 40.2. The number of primary amides is 1. The van der Waals surface area contributed by atoms with Crippen LogP contribution in [0, 0.1) is 53.4 Å². The molecule has 9 aromatic rings. The average molecular weight is 1490 g/mol. The number of fused-ring (bicyclic) bond motifs is 8. The summed E-state index contributed by atoms with van der Waals surface area (Å²) in [7, 11) is -12.6. The van der Waals surface area contributed by atoms with Crippen LogP contribution in [-0.2, 0) is 45.0 Å². The second kappa shape index (κ2) is 30.7. The Labute approximate surface area is 603 Å². The standard InChI is InChI=1S/C19H24N6OS.C17H24N6O3S.2C16H21N5O2S.CH4/c1-14-10-17-18(11-16(14)15-4-5-21-12-15)22-13-23-19(17)24-6-3-7-25(9-8-24)27(2,20)26;1-12-8-13-14(9-15(12)26-10-16(18)24)20-11-21-17(13)22-4-3-5-23(7-6-22)27(2,19)25;1-10-3-14-15(4-11(10)2)18-9-19-16(14)21-7-12-5-13(21)8-20(6-12)24(17,22)23;1-10-3-14-15(4-11(10)2)18-9-19-16(14)20-6-12-5-13(8-20)21(7-12)24(17,22)23;/h4-5,10-13,21H,2-3,6-9H2,1H3,(H2,20,26);8-9,11H,2-7,10H2,1H3,(H2,18,24)(H2,19,25);2*3-4,9,12-13H,5-8H2,1-2H3,(H2,17,22,23);1H4. The Morgan fingerprint density at radius 2 is 0.961 bits per heavy atom. The molecule has 6 fully saturated rings. The number of amides is 1. The molecule has 0 aliphatic carbocycles. The van der Waals surface area contributed by atoms with Gasteiger partial charge in [0, 0.05) is 144 Å². The van der Waals surface area contributed by atoms with E-state index in [0.717, 1.165) is 130 Å². The van der Waals surface area contributed by atoms with Crippen molar-refractivity contribution in [3.63, 3.8) is 0 Å². The number of aromatic nitrogens is 9. The van der Waals surface area contributed by atoms with Gasteiger partial charge in [-0.1, -0.05) is 7.43 Å². The fourth-order valence-electron chi connectivity index (χ4n) is 14.7. The van der Waals surface area contributed by atoms with Gasteiger partial charge in [0.15, 0.2) is 6.61 Å². The van der Waals surface area contributed by atoms with Crippen LogP contribution in [0.3, 0.4) is 0 Å². The maximum Gasteiger partial charge on any atom is 0.277 e. The number of hydrogen-bond acceptors (Lipinski definition) is 20. The topological polar surface area (TPSA) is 404 Å². The summed E-state index contributed by atoms with van der Waals surface area (Å²) in [6.45, 7) is 21.1. The summed E-state index contributed by atoms with van der Waals surface area (Å²) < 4.78 is 82.9. The number of benzene rings is 4. The highest BCUT2D eigenvalue weighted by Gasteiger charge is 2.45. The quantitative estimate of drug-likeness (QED) is 0.0927. The maximum atomic E-state index is 12.1. The van der Waals surface area contributed by atoms with Gasteiger partial charge in [-0.3, -0.25) is 4.79 Å². The lowest BCUT2D eigenvalue weighted by molar-refractivity contribution is -0.119. The zero-order valence-electron chi connectivity index (χ0n) is 58.3. The number of carbonyl (C=O) groups excluding carboxylic acids is 1. The Kier molecular flexibility index (Phi) is 22.6. The van der Waals surface area contributed by atoms with E-state index in [1.54, 1.807) is 33.7 Å². The van der Waals surface area contributed by atoms with Crippen molar-refractivity contribution in [1.82, 2.24) is 62.1 Å². The number of carbonyl (C=O) groups is 1. The third-order valence-corrected chi connectivity index (χ3v) is 24.6. The number of aromatic amines is 1. The summed E-state index contributed by atoms with van der Waals surface area (Å²) in [6, 6.07) is 18.5. The van der Waals surface area contributed by atoms with Crippen molar-refractivity contribution in [2.75, 3.05) is 118 Å². The molecule has 4 bridgehead atoms. The van der Waals surface area contributed by atoms with E-state index >= 15 is 0 Å². The minimum absolute atomic E-state index is 0. The normalized spacial score (nSPS) is 21.1. The Morgan fingerprint density at radius 1 is 0.495 bits per heavy atom. The van der Waals surface area contributed by atoms with Crippen molar-refractivity contribution in [1.29, 1.82) is 0 Å². The Bertz CT molecular complexity index is 5120. The number of aryl methyl sites for hydroxylation is 6. The van der Waals surface area contributed by atoms with Crippen molar-refractivity contribution >= 4 is 125 Å². The molecule has 552 valence electrons. The van der Waals surface area contributed by atoms with E-state index < -0.39 is 46.1 Å². The number of anilines is 4. The van der Waals surface area contributed by atoms with E-state index in [-0.39, 0.29) is 26.1 Å². The van der Waals surface area contributed by atoms with E-state index in [2.05, 4.69) is 153 Å². The molecule has 6 atom stereocenters. The first kappa shape index (κ1) is 75.8. The zero-order valence-corrected chi connectivity index (χ0v) is 61.5. The SMILES string of the molecule is C.C=S(N)(=O)N1CCCN(c2ncnc3cc(-c4cc[nH]c4)c(C)cc23)CC1.C=S(N)(=O)N1CCCN(c2ncnc3cc(OCC(N)=O)c(C)cc23)CC1.Cc1cc2ncnc(N3CC4CC(C3)N(S(N)(=O)=O)C4)c2cc1C.Cc1cc2ncnc(N3CC4CC3CN(S(N)(=O)=O)C4)c2cc1C. The molecule has 15 rings (SSSR count). The monoisotopic (exact) mass is 1490 g/mol. The molecule has 6 aliphatic rings. The highest BCUT2D eigenvalue weighted by atomic mass is 32.2. The lowest BCUT2D eigenvalue weighted by Crippen LogP contribution is -2.47. The van der Waals surface area contributed by atoms with Crippen molar-refractivity contribution in [3.8, 4) is 16.9 Å². The Morgan fingerprint density at radius 3 is 1.47 bits per heavy atom. The number of nitrogens with two attached hydrogens (primary N) is 5. The van der Waals surface area contributed by atoms with Crippen LogP contribution in [-0.4, -0.2) is 215 Å². The van der Waals surface area contributed by atoms with Crippen LogP contribution in [0.15, 0.2) is 92.3 Å². The van der Waals surface area contributed by atoms with Gasteiger partial charge in [-0.25, -0.2) is 77.5 Å². The van der Waals surface area contributed by atoms with Crippen LogP contribution in [0.1, 0.15) is 66.5 Å². The smallest absolute Gasteiger partial charge is 0.277 e. The number of hydrogen-bond donors (Lipinski definition) is 6. The molecule has 11 heterocycles. The summed E-state index contributed by atoms with van der Waals surface area (Å²) in [6.07, 6.45) is 13.7. The molecule has 6 unspecified atom stereocenters. The summed E-state index contributed by atoms with van der Waals surface area (Å²) in [4.78, 5) is 58.5. The minimum Gasteiger partial charge on any atom is -0.483 e. The average Bonchev–Trinajstić information content (AvgIpc) is 1.68. The second-order valence-electron chi connectivity index (χ2n) is 27.3. The molecule has 1 amide bonds. The minimum atomic E-state index is -3.64. The number of nitrogens with one attached hydrogen (secondary N) is 1. The molecule has 103 heavy (non-hydrogen) atoms. The number of rotatable bonds is 12. The lowest BCUT2D eigenvalue weighted by atomic mass is 9.99. The number of ether oxygens (including phenoxy) is 1. The van der Waals surface area contributed by atoms with Gasteiger partial charge in [0.05, 0.1) is 41.9 Å². The third kappa shape index (κ3) is 17.2. The molecule has 4 aromatic carbocycles. The summed E-state index contributed by atoms with van der Waals surface area (Å²) in [5, 5.41) is 26.1. The molecular weight excluding hydrogens is 1390 g/mol. The van der Waals surface area contributed by atoms with Crippen LogP contribution in [0.25, 0.3) is 54.7 Å². The highest BCUT2D eigenvalue weighted by molar-refractivity contribution is 7.96. The van der Waals surface area contributed by atoms with Crippen molar-refractivity contribution in [2.24, 2.45) is 38.1 Å². The van der Waals surface area contributed by atoms with Gasteiger partial charge in [0.1, 0.15) is 54.3 Å². The lowest BCUT2D eigenvalue weighted by Gasteiger charge is -2.33. The summed E-state index contributed by atoms with van der Waals surface area (Å²) in [5.41, 5.74) is 17.8. The van der Waals surface area contributed by atoms with Crippen LogP contribution in [0.4, 0.5) is 23.3 Å². The van der Waals surface area contributed by atoms with Gasteiger partial charge in [-0.15, -0.1) is 0 Å². The fraction of sp³-hybridized carbons (Fsp3) is 0.435. The first-order valence-electron chi connectivity index (χ1n) is 33.7. The molecule has 0 radical (unpaired) electrons. The van der Waals surface area contributed by atoms with Gasteiger partial charge in [-0.05, 0) is 184 Å². The van der Waals surface area contributed by atoms with Crippen LogP contribution in [0.5, 0.6) is 5.75 Å². The molecule has 30 nitrogen and oxygen atoms in total. The maximum absolute atomic E-state index is 12.1. The van der Waals surface area contributed by atoms with Gasteiger partial charge in [0.25, 0.3) is 26.3 Å². The van der Waals surface area contributed by atoms with Gasteiger partial charge < -0.3 is 35.1 Å². The van der Waals surface area contributed by atoms with Crippen LogP contribution < -0.4 is 50.6 Å². The van der Waals surface area contributed by atoms with E-state index in [4.69, 9.17) is 31.0 Å². The van der Waals surface area contributed by atoms with Crippen molar-refractivity contribution < 1.29 is 34.8 Å². The molecule has 0 spiro atoms. The van der Waals surface area contributed by atoms with E-state index in [1.807, 2.05) is 25.4 Å². The number of nitrogens with zero attached hydrogens (tertiary/aromatic N) is 16. The van der Waals surface area contributed by atoms with Gasteiger partial charge >= 0.3 is 0 Å². The fourth-order valence-corrected chi connectivity index (χ4v) is 18.1. The molecule has 34 heteroatoms. The molecule has 6 aliphatic heterocycles. The Hall–Kier alpha value is -8.39. The van der Waals surface area contributed by atoms with E-state index in [9.17, 15) is 30.0 Å². The molecule has 5 aromatic heterocycles. The molecule has 0 saturated carbocycles. The van der Waals surface area contributed by atoms with Crippen molar-refractivity contribution in [2.45, 2.75) is 86.7 Å². The first-order chi connectivity index (χ1) is 48.3. The molecular formula is C69H94N22O8S4. The van der Waals surface area contributed by atoms with E-state index in [1.165, 1.54) is 42.8 Å². The summed E-state index contributed by atoms with van der Waals surface area (Å²) in [5.74, 6) is 11.3. The third-order valence-electron chi connectivity index (χ3n) is 20.0. The Balaban J connectivity index is 0.000000137. The van der Waals surface area contributed by atoms with Crippen molar-refractivity contribution in [3.05, 3.63) is 126 Å². The van der Waals surface area contributed by atoms with Crippen LogP contribution in [0.2, 0.25) is 0 Å². The van der Waals surface area contributed by atoms with Crippen LogP contribution >= 0.6 is 0 Å². The van der Waals surface area contributed by atoms with E-state index in [0.29, 0.717) is 88.5 Å². The van der Waals surface area contributed by atoms with Gasteiger partial charge in [0.2, 0.25) is 0 Å². The number of piperidine rings is 2. The predicted molar refractivity (Wildman–Crippen MR) is 411 cm³/mol. The second-order valence-corrected chi connectivity index (χ2v) is 34.2.